The van der Waals surface area contributed by atoms with Gasteiger partial charge in [0.05, 0.1) is 16.8 Å². The van der Waals surface area contributed by atoms with Crippen LogP contribution >= 0.6 is 11.3 Å². The number of hydrogen-bond acceptors (Lipinski definition) is 3. The van der Waals surface area contributed by atoms with E-state index in [2.05, 4.69) is 229 Å². The molecule has 0 fully saturated rings. The second-order valence-corrected chi connectivity index (χ2v) is 17.4. The minimum absolute atomic E-state index is 0.540. The van der Waals surface area contributed by atoms with Gasteiger partial charge in [-0.25, -0.2) is 0 Å². The minimum atomic E-state index is -0.540. The zero-order valence-electron chi connectivity index (χ0n) is 33.6. The van der Waals surface area contributed by atoms with Crippen LogP contribution in [0.15, 0.2) is 229 Å². The van der Waals surface area contributed by atoms with E-state index in [9.17, 15) is 0 Å². The molecule has 13 rings (SSSR count). The van der Waals surface area contributed by atoms with Crippen LogP contribution in [0.3, 0.4) is 0 Å². The van der Waals surface area contributed by atoms with Gasteiger partial charge in [0.2, 0.25) is 0 Å². The molecular weight excluding hydrogens is 771 g/mol. The van der Waals surface area contributed by atoms with Crippen LogP contribution in [0, 0.1) is 0 Å². The van der Waals surface area contributed by atoms with E-state index in [4.69, 9.17) is 4.42 Å². The maximum atomic E-state index is 6.81. The van der Waals surface area contributed by atoms with Crippen LogP contribution in [0.5, 0.6) is 0 Å². The second kappa shape index (κ2) is 13.7. The molecule has 0 radical (unpaired) electrons. The van der Waals surface area contributed by atoms with E-state index in [1.54, 1.807) is 0 Å². The molecule has 0 saturated carbocycles. The third-order valence-electron chi connectivity index (χ3n) is 13.1. The average molecular weight is 808 g/mol. The van der Waals surface area contributed by atoms with E-state index in [0.29, 0.717) is 0 Å². The van der Waals surface area contributed by atoms with Crippen molar-refractivity contribution in [2.45, 2.75) is 5.41 Å². The van der Waals surface area contributed by atoms with Gasteiger partial charge in [0, 0.05) is 48.3 Å². The van der Waals surface area contributed by atoms with Gasteiger partial charge in [0.15, 0.2) is 0 Å². The highest BCUT2D eigenvalue weighted by atomic mass is 32.1. The third kappa shape index (κ3) is 4.97. The van der Waals surface area contributed by atoms with E-state index in [-0.39, 0.29) is 0 Å². The van der Waals surface area contributed by atoms with E-state index in [1.807, 2.05) is 11.3 Å². The van der Waals surface area contributed by atoms with Gasteiger partial charge in [-0.05, 0) is 80.0 Å². The Hall–Kier alpha value is -7.72. The molecule has 290 valence electrons. The molecule has 1 aliphatic rings. The largest absolute Gasteiger partial charge is 0.456 e. The topological polar surface area (TPSA) is 16.4 Å². The summed E-state index contributed by atoms with van der Waals surface area (Å²) in [5, 5.41) is 7.26. The number of benzene rings is 10. The molecule has 10 aromatic carbocycles. The summed E-state index contributed by atoms with van der Waals surface area (Å²) in [4.78, 5) is 2.52. The molecule has 1 aliphatic carbocycles. The van der Waals surface area contributed by atoms with E-state index in [0.717, 1.165) is 33.6 Å². The number of nitrogens with zero attached hydrogens (tertiary/aromatic N) is 1. The zero-order valence-corrected chi connectivity index (χ0v) is 34.4. The number of rotatable bonds is 6. The maximum absolute atomic E-state index is 6.81. The minimum Gasteiger partial charge on any atom is -0.456 e. The Morgan fingerprint density at radius 3 is 1.84 bits per heavy atom. The first-order valence-electron chi connectivity index (χ1n) is 21.3. The first kappa shape index (κ1) is 35.1. The molecule has 0 spiro atoms. The van der Waals surface area contributed by atoms with Crippen LogP contribution in [0.25, 0.3) is 75.1 Å². The summed E-state index contributed by atoms with van der Waals surface area (Å²) in [5.41, 5.74) is 14.4. The van der Waals surface area contributed by atoms with E-state index in [1.165, 1.54) is 80.8 Å². The van der Waals surface area contributed by atoms with Crippen molar-refractivity contribution in [3.8, 4) is 22.3 Å². The van der Waals surface area contributed by atoms with Gasteiger partial charge in [-0.15, -0.1) is 11.3 Å². The monoisotopic (exact) mass is 807 g/mol. The third-order valence-corrected chi connectivity index (χ3v) is 14.3. The van der Waals surface area contributed by atoms with Crippen molar-refractivity contribution in [3.63, 3.8) is 0 Å². The molecule has 2 heterocycles. The highest BCUT2D eigenvalue weighted by Crippen LogP contribution is 2.60. The summed E-state index contributed by atoms with van der Waals surface area (Å²) >= 11 is 1.86. The number of furan rings is 1. The molecule has 0 bridgehead atoms. The molecule has 2 aromatic heterocycles. The van der Waals surface area contributed by atoms with Gasteiger partial charge in [-0.1, -0.05) is 188 Å². The van der Waals surface area contributed by atoms with Crippen molar-refractivity contribution in [1.82, 2.24) is 0 Å². The molecule has 0 aliphatic heterocycles. The predicted octanol–water partition coefficient (Wildman–Crippen LogP) is 16.6. The van der Waals surface area contributed by atoms with Crippen molar-refractivity contribution in [3.05, 3.63) is 247 Å². The Labute approximate surface area is 363 Å². The SMILES string of the molecule is c1ccc(C2(c3ccccc3)c3ccccc3-c3c(N(c4ccc(-c5cccc6ccccc56)cc4)c4cc5oc6ccccc6c5c5sc6ccccc6c45)cccc32)cc1. The van der Waals surface area contributed by atoms with E-state index < -0.39 is 5.41 Å². The Balaban J connectivity index is 1.15. The van der Waals surface area contributed by atoms with Crippen LogP contribution < -0.4 is 4.90 Å². The molecule has 0 amide bonds. The van der Waals surface area contributed by atoms with Gasteiger partial charge in [-0.2, -0.15) is 0 Å². The van der Waals surface area contributed by atoms with Crippen molar-refractivity contribution in [1.29, 1.82) is 0 Å². The molecule has 3 heteroatoms. The van der Waals surface area contributed by atoms with Crippen molar-refractivity contribution < 1.29 is 4.42 Å². The number of hydrogen-bond donors (Lipinski definition) is 0. The van der Waals surface area contributed by atoms with Gasteiger partial charge >= 0.3 is 0 Å². The number of fused-ring (bicyclic) bond motifs is 11. The maximum Gasteiger partial charge on any atom is 0.138 e. The first-order chi connectivity index (χ1) is 30.8. The lowest BCUT2D eigenvalue weighted by Crippen LogP contribution is -2.28. The zero-order chi connectivity index (χ0) is 40.8. The number of anilines is 3. The predicted molar refractivity (Wildman–Crippen MR) is 262 cm³/mol. The summed E-state index contributed by atoms with van der Waals surface area (Å²) in [5.74, 6) is 0. The Kier molecular flexibility index (Phi) is 7.72. The smallest absolute Gasteiger partial charge is 0.138 e. The average Bonchev–Trinajstić information content (AvgIpc) is 4.01. The molecular formula is C59H37NOS. The normalized spacial score (nSPS) is 13.0. The highest BCUT2D eigenvalue weighted by Gasteiger charge is 2.47. The quantitative estimate of drug-likeness (QED) is 0.166. The fourth-order valence-electron chi connectivity index (χ4n) is 10.6. The van der Waals surface area contributed by atoms with Gasteiger partial charge < -0.3 is 9.32 Å². The summed E-state index contributed by atoms with van der Waals surface area (Å²) in [6, 6.07) is 82.2. The summed E-state index contributed by atoms with van der Waals surface area (Å²) < 4.78 is 9.30. The lowest BCUT2D eigenvalue weighted by Gasteiger charge is -2.34. The standard InChI is InChI=1S/C59H37NOS/c1-3-19-40(20-4-1)59(41-21-5-2-6-22-41)48-28-12-9-24-45(48)55-49(59)29-16-30-50(55)60(42-35-33-39(34-36-42)44-27-15-18-38-17-7-8-23-43(38)44)51-37-53-57(46-25-10-13-31-52(46)61-53)58-56(51)47-26-11-14-32-54(47)62-58/h1-37H. The highest BCUT2D eigenvalue weighted by molar-refractivity contribution is 7.27. The molecule has 0 saturated heterocycles. The lowest BCUT2D eigenvalue weighted by atomic mass is 9.68. The lowest BCUT2D eigenvalue weighted by molar-refractivity contribution is 0.669. The number of para-hydroxylation sites is 1. The second-order valence-electron chi connectivity index (χ2n) is 16.3. The van der Waals surface area contributed by atoms with Gasteiger partial charge in [-0.3, -0.25) is 0 Å². The Morgan fingerprint density at radius 2 is 1.03 bits per heavy atom. The first-order valence-corrected chi connectivity index (χ1v) is 22.1. The molecule has 62 heavy (non-hydrogen) atoms. The van der Waals surface area contributed by atoms with Gasteiger partial charge in [0.1, 0.15) is 11.2 Å². The Bertz CT molecular complexity index is 3650. The van der Waals surface area contributed by atoms with Gasteiger partial charge in [0.25, 0.3) is 0 Å². The van der Waals surface area contributed by atoms with Crippen LogP contribution in [0.4, 0.5) is 17.1 Å². The Morgan fingerprint density at radius 1 is 0.419 bits per heavy atom. The number of thiophene rings is 1. The molecule has 12 aromatic rings. The van der Waals surface area contributed by atoms with Crippen LogP contribution in [-0.4, -0.2) is 0 Å². The van der Waals surface area contributed by atoms with Crippen molar-refractivity contribution in [2.75, 3.05) is 4.90 Å². The summed E-state index contributed by atoms with van der Waals surface area (Å²) in [6.07, 6.45) is 0. The fraction of sp³-hybridized carbons (Fsp3) is 0.0169. The molecule has 0 N–H and O–H groups in total. The van der Waals surface area contributed by atoms with Crippen molar-refractivity contribution in [2.24, 2.45) is 0 Å². The summed E-state index contributed by atoms with van der Waals surface area (Å²) in [7, 11) is 0. The van der Waals surface area contributed by atoms with Crippen molar-refractivity contribution >= 4 is 81.3 Å². The van der Waals surface area contributed by atoms with E-state index >= 15 is 0 Å². The van der Waals surface area contributed by atoms with Crippen LogP contribution in [0.2, 0.25) is 0 Å². The van der Waals surface area contributed by atoms with Crippen LogP contribution in [-0.2, 0) is 5.41 Å². The fourth-order valence-corrected chi connectivity index (χ4v) is 11.9. The molecule has 2 nitrogen and oxygen atoms in total. The van der Waals surface area contributed by atoms with Crippen LogP contribution in [0.1, 0.15) is 22.3 Å². The summed E-state index contributed by atoms with van der Waals surface area (Å²) in [6.45, 7) is 0. The molecule has 0 unspecified atom stereocenters. The molecule has 0 atom stereocenters.